The summed E-state index contributed by atoms with van der Waals surface area (Å²) in [7, 11) is 0. The molecule has 0 saturated heterocycles. The summed E-state index contributed by atoms with van der Waals surface area (Å²) < 4.78 is 0. The zero-order chi connectivity index (χ0) is 7.98. The van der Waals surface area contributed by atoms with E-state index in [9.17, 15) is 0 Å². The van der Waals surface area contributed by atoms with Crippen LogP contribution in [-0.4, -0.2) is 5.71 Å². The minimum absolute atomic E-state index is 0.633. The largest absolute Gasteiger partial charge is 0.305 e. The van der Waals surface area contributed by atoms with Crippen LogP contribution in [0.5, 0.6) is 0 Å². The van der Waals surface area contributed by atoms with Crippen molar-refractivity contribution in [3.8, 4) is 0 Å². The van der Waals surface area contributed by atoms with Gasteiger partial charge in [0.1, 0.15) is 0 Å². The molecule has 0 saturated carbocycles. The summed E-state index contributed by atoms with van der Waals surface area (Å²) in [5.41, 5.74) is 0.633. The van der Waals surface area contributed by atoms with Gasteiger partial charge in [0.05, 0.1) is 0 Å². The van der Waals surface area contributed by atoms with Gasteiger partial charge in [0, 0.05) is 5.71 Å². The fourth-order valence-electron chi connectivity index (χ4n) is 0.400. The van der Waals surface area contributed by atoms with Crippen molar-refractivity contribution in [3.63, 3.8) is 0 Å². The van der Waals surface area contributed by atoms with Crippen LogP contribution in [0.15, 0.2) is 23.1 Å². The van der Waals surface area contributed by atoms with Gasteiger partial charge >= 0.3 is 0 Å². The monoisotopic (exact) mass is 155 g/mol. The van der Waals surface area contributed by atoms with Crippen LogP contribution in [0.1, 0.15) is 20.3 Å². The first-order chi connectivity index (χ1) is 4.70. The second kappa shape index (κ2) is 5.30. The van der Waals surface area contributed by atoms with Crippen molar-refractivity contribution in [3.05, 3.63) is 23.1 Å². The van der Waals surface area contributed by atoms with E-state index in [-0.39, 0.29) is 0 Å². The highest BCUT2D eigenvalue weighted by atomic mass is 32.1. The highest BCUT2D eigenvalue weighted by Gasteiger charge is 1.83. The maximum atomic E-state index is 7.26. The smallest absolute Gasteiger partial charge is 0.0311 e. The van der Waals surface area contributed by atoms with Gasteiger partial charge in [0.15, 0.2) is 0 Å². The molecule has 0 fully saturated rings. The molecule has 0 aliphatic rings. The Morgan fingerprint density at radius 3 is 2.50 bits per heavy atom. The Hall–Kier alpha value is -0.500. The Balaban J connectivity index is 3.88. The summed E-state index contributed by atoms with van der Waals surface area (Å²) in [6.45, 7) is 3.88. The third-order valence-electron chi connectivity index (χ3n) is 1.13. The van der Waals surface area contributed by atoms with Gasteiger partial charge in [-0.1, -0.05) is 13.0 Å². The summed E-state index contributed by atoms with van der Waals surface area (Å²) in [5, 5.41) is 7.26. The third-order valence-corrected chi connectivity index (χ3v) is 1.54. The molecule has 1 N–H and O–H groups in total. The van der Waals surface area contributed by atoms with Crippen LogP contribution in [0.2, 0.25) is 0 Å². The average Bonchev–Trinajstić information content (AvgIpc) is 1.99. The van der Waals surface area contributed by atoms with E-state index in [1.54, 1.807) is 6.08 Å². The highest BCUT2D eigenvalue weighted by molar-refractivity contribution is 7.84. The van der Waals surface area contributed by atoms with Crippen LogP contribution in [0.3, 0.4) is 0 Å². The lowest BCUT2D eigenvalue weighted by Gasteiger charge is -1.89. The highest BCUT2D eigenvalue weighted by Crippen LogP contribution is 2.01. The van der Waals surface area contributed by atoms with Crippen LogP contribution < -0.4 is 0 Å². The van der Waals surface area contributed by atoms with Gasteiger partial charge in [-0.05, 0) is 30.4 Å². The van der Waals surface area contributed by atoms with Crippen molar-refractivity contribution in [1.29, 1.82) is 5.41 Å². The lowest BCUT2D eigenvalue weighted by atomic mass is 10.2. The van der Waals surface area contributed by atoms with Gasteiger partial charge in [-0.25, -0.2) is 0 Å². The topological polar surface area (TPSA) is 23.9 Å². The van der Waals surface area contributed by atoms with Crippen molar-refractivity contribution >= 4 is 18.3 Å². The second-order valence-electron chi connectivity index (χ2n) is 1.93. The molecule has 0 aliphatic carbocycles. The normalized spacial score (nSPS) is 12.5. The molecule has 2 heteroatoms. The van der Waals surface area contributed by atoms with E-state index >= 15 is 0 Å². The standard InChI is InChI=1S/C8H13NS/c1-3-7(9)5-6-8(10)4-2/h4-6,9-10H,3H2,1-2H3/b6-5-,8-4+,9-7?. The zero-order valence-corrected chi connectivity index (χ0v) is 7.28. The van der Waals surface area contributed by atoms with E-state index in [0.29, 0.717) is 5.71 Å². The molecule has 0 aromatic rings. The summed E-state index contributed by atoms with van der Waals surface area (Å²) >= 11 is 4.12. The van der Waals surface area contributed by atoms with Crippen LogP contribution in [-0.2, 0) is 0 Å². The van der Waals surface area contributed by atoms with Gasteiger partial charge in [0.2, 0.25) is 0 Å². The van der Waals surface area contributed by atoms with E-state index in [0.717, 1.165) is 11.3 Å². The van der Waals surface area contributed by atoms with Crippen molar-refractivity contribution in [2.45, 2.75) is 20.3 Å². The molecule has 0 spiro atoms. The molecule has 10 heavy (non-hydrogen) atoms. The third kappa shape index (κ3) is 4.39. The van der Waals surface area contributed by atoms with E-state index in [2.05, 4.69) is 12.6 Å². The Bertz CT molecular complexity index is 168. The van der Waals surface area contributed by atoms with Crippen molar-refractivity contribution in [2.24, 2.45) is 0 Å². The Labute approximate surface area is 67.8 Å². The van der Waals surface area contributed by atoms with Crippen LogP contribution >= 0.6 is 12.6 Å². The molecule has 1 nitrogen and oxygen atoms in total. The summed E-state index contributed by atoms with van der Waals surface area (Å²) in [6, 6.07) is 0. The van der Waals surface area contributed by atoms with Crippen LogP contribution in [0, 0.1) is 5.41 Å². The lowest BCUT2D eigenvalue weighted by Crippen LogP contribution is -1.84. The summed E-state index contributed by atoms with van der Waals surface area (Å²) in [5.74, 6) is 0. The molecular weight excluding hydrogens is 142 g/mol. The number of thiol groups is 1. The molecule has 0 aliphatic heterocycles. The first-order valence-corrected chi connectivity index (χ1v) is 3.76. The van der Waals surface area contributed by atoms with Gasteiger partial charge in [-0.2, -0.15) is 0 Å². The number of nitrogens with one attached hydrogen (secondary N) is 1. The van der Waals surface area contributed by atoms with Crippen LogP contribution in [0.4, 0.5) is 0 Å². The zero-order valence-electron chi connectivity index (χ0n) is 6.39. The molecule has 0 bridgehead atoms. The van der Waals surface area contributed by atoms with Crippen molar-refractivity contribution < 1.29 is 0 Å². The first-order valence-electron chi connectivity index (χ1n) is 3.31. The Morgan fingerprint density at radius 2 is 2.10 bits per heavy atom. The minimum atomic E-state index is 0.633. The van der Waals surface area contributed by atoms with Gasteiger partial charge in [-0.15, -0.1) is 12.6 Å². The maximum Gasteiger partial charge on any atom is 0.0311 e. The predicted octanol–water partition coefficient (Wildman–Crippen LogP) is 2.81. The second-order valence-corrected chi connectivity index (χ2v) is 2.44. The molecular formula is C8H13NS. The molecule has 0 aromatic heterocycles. The summed E-state index contributed by atoms with van der Waals surface area (Å²) in [6.07, 6.45) is 6.26. The Kier molecular flexibility index (Phi) is 5.03. The molecule has 0 heterocycles. The maximum absolute atomic E-state index is 7.26. The molecule has 0 aromatic carbocycles. The number of hydrogen-bond donors (Lipinski definition) is 2. The number of rotatable bonds is 3. The predicted molar refractivity (Wildman–Crippen MR) is 49.9 cm³/mol. The van der Waals surface area contributed by atoms with Gasteiger partial charge < -0.3 is 5.41 Å². The fraction of sp³-hybridized carbons (Fsp3) is 0.375. The summed E-state index contributed by atoms with van der Waals surface area (Å²) in [4.78, 5) is 0.901. The van der Waals surface area contributed by atoms with Gasteiger partial charge in [-0.3, -0.25) is 0 Å². The van der Waals surface area contributed by atoms with E-state index in [4.69, 9.17) is 5.41 Å². The van der Waals surface area contributed by atoms with Crippen LogP contribution in [0.25, 0.3) is 0 Å². The quantitative estimate of drug-likeness (QED) is 0.356. The molecule has 0 radical (unpaired) electrons. The SMILES string of the molecule is C/C=C(S)\C=C/C(=N)CC. The molecule has 56 valence electrons. The average molecular weight is 155 g/mol. The minimum Gasteiger partial charge on any atom is -0.305 e. The number of allylic oxidation sites excluding steroid dienone is 3. The molecule has 0 atom stereocenters. The van der Waals surface area contributed by atoms with E-state index in [1.807, 2.05) is 26.0 Å². The van der Waals surface area contributed by atoms with Crippen molar-refractivity contribution in [1.82, 2.24) is 0 Å². The molecule has 0 unspecified atom stereocenters. The van der Waals surface area contributed by atoms with E-state index < -0.39 is 0 Å². The van der Waals surface area contributed by atoms with Gasteiger partial charge in [0.25, 0.3) is 0 Å². The molecule has 0 rings (SSSR count). The number of hydrogen-bond acceptors (Lipinski definition) is 2. The molecule has 0 amide bonds. The van der Waals surface area contributed by atoms with Crippen molar-refractivity contribution in [2.75, 3.05) is 0 Å². The fourth-order valence-corrected chi connectivity index (χ4v) is 0.475. The van der Waals surface area contributed by atoms with E-state index in [1.165, 1.54) is 0 Å². The lowest BCUT2D eigenvalue weighted by molar-refractivity contribution is 1.26. The Morgan fingerprint density at radius 1 is 1.50 bits per heavy atom. The first kappa shape index (κ1) is 9.50.